The molecule has 1 heterocycles. The minimum absolute atomic E-state index is 0.0525. The fraction of sp³-hybridized carbons (Fsp3) is 0.829. The van der Waals surface area contributed by atoms with Crippen molar-refractivity contribution in [3.63, 3.8) is 0 Å². The molecule has 1 aromatic rings. The highest BCUT2D eigenvalue weighted by Crippen LogP contribution is 2.47. The van der Waals surface area contributed by atoms with Crippen LogP contribution in [0.1, 0.15) is 142 Å². The molecule has 0 aliphatic carbocycles. The largest absolute Gasteiger partial charge is 0.543 e. The summed E-state index contributed by atoms with van der Waals surface area (Å²) < 4.78 is 13.7. The Bertz CT molecular complexity index is 894. The number of hydrogen-bond donors (Lipinski definition) is 0. The lowest BCUT2D eigenvalue weighted by molar-refractivity contribution is 0.0512. The maximum Gasteiger partial charge on any atom is 0.250 e. The number of fused-ring (bicyclic) bond motifs is 1. The van der Waals surface area contributed by atoms with Gasteiger partial charge in [-0.05, 0) is 106 Å². The Morgan fingerprint density at radius 2 is 1.34 bits per heavy atom. The summed E-state index contributed by atoms with van der Waals surface area (Å²) >= 11 is 0. The standard InChI is InChI=1S/C35H64O2Si/c1-25(2)17-14-18-26(3)19-15-20-27(4)21-16-23-35(11)24-22-31-30(7)32(28(5)29(6)33(31)36-35)37-38(12,13)34(8,9)10/h25-27H,14-24H2,1-13H3. The Labute approximate surface area is 239 Å². The maximum atomic E-state index is 6.88. The molecule has 1 aliphatic rings. The minimum Gasteiger partial charge on any atom is -0.543 e. The van der Waals surface area contributed by atoms with Gasteiger partial charge in [0.15, 0.2) is 0 Å². The number of rotatable bonds is 14. The maximum absolute atomic E-state index is 6.88. The van der Waals surface area contributed by atoms with Crippen LogP contribution in [0.4, 0.5) is 0 Å². The van der Waals surface area contributed by atoms with Crippen LogP contribution < -0.4 is 9.16 Å². The van der Waals surface area contributed by atoms with Crippen LogP contribution in [-0.4, -0.2) is 13.9 Å². The topological polar surface area (TPSA) is 18.5 Å². The average Bonchev–Trinajstić information content (AvgIpc) is 2.79. The summed E-state index contributed by atoms with van der Waals surface area (Å²) in [5, 5.41) is 0.188. The summed E-state index contributed by atoms with van der Waals surface area (Å²) in [4.78, 5) is 0. The van der Waals surface area contributed by atoms with Gasteiger partial charge in [0.2, 0.25) is 0 Å². The van der Waals surface area contributed by atoms with Gasteiger partial charge in [0, 0.05) is 5.56 Å². The fourth-order valence-electron chi connectivity index (χ4n) is 5.82. The molecule has 0 spiro atoms. The van der Waals surface area contributed by atoms with Gasteiger partial charge < -0.3 is 9.16 Å². The molecule has 0 saturated carbocycles. The summed E-state index contributed by atoms with van der Waals surface area (Å²) in [6.07, 6.45) is 14.3. The van der Waals surface area contributed by atoms with Gasteiger partial charge in [-0.2, -0.15) is 0 Å². The van der Waals surface area contributed by atoms with Gasteiger partial charge in [-0.3, -0.25) is 0 Å². The van der Waals surface area contributed by atoms with Crippen molar-refractivity contribution in [2.45, 2.75) is 171 Å². The highest BCUT2D eigenvalue weighted by molar-refractivity contribution is 6.74. The minimum atomic E-state index is -1.90. The molecule has 0 N–H and O–H groups in total. The SMILES string of the molecule is Cc1c(C)c2c(c(C)c1O[Si](C)(C)C(C)(C)C)CCC(C)(CCCC(C)CCCC(C)CCCC(C)C)O2. The van der Waals surface area contributed by atoms with E-state index in [-0.39, 0.29) is 10.6 Å². The van der Waals surface area contributed by atoms with E-state index in [1.165, 1.54) is 73.6 Å². The summed E-state index contributed by atoms with van der Waals surface area (Å²) in [5.74, 6) is 4.83. The van der Waals surface area contributed by atoms with Gasteiger partial charge in [0.05, 0.1) is 0 Å². The number of benzene rings is 1. The molecular formula is C35H64O2Si. The van der Waals surface area contributed by atoms with Crippen LogP contribution in [0.5, 0.6) is 11.5 Å². The molecule has 3 atom stereocenters. The highest BCUT2D eigenvalue weighted by Gasteiger charge is 2.41. The third kappa shape index (κ3) is 9.03. The van der Waals surface area contributed by atoms with E-state index in [9.17, 15) is 0 Å². The lowest BCUT2D eigenvalue weighted by atomic mass is 9.84. The van der Waals surface area contributed by atoms with Crippen molar-refractivity contribution in [2.75, 3.05) is 0 Å². The first-order chi connectivity index (χ1) is 17.5. The second-order valence-corrected chi connectivity index (χ2v) is 20.0. The van der Waals surface area contributed by atoms with Crippen molar-refractivity contribution >= 4 is 8.32 Å². The molecule has 2 rings (SSSR count). The van der Waals surface area contributed by atoms with Gasteiger partial charge in [0.25, 0.3) is 8.32 Å². The Morgan fingerprint density at radius 3 is 1.87 bits per heavy atom. The van der Waals surface area contributed by atoms with Gasteiger partial charge in [-0.1, -0.05) is 93.4 Å². The fourth-order valence-corrected chi connectivity index (χ4v) is 6.94. The quantitative estimate of drug-likeness (QED) is 0.217. The first-order valence-electron chi connectivity index (χ1n) is 16.0. The van der Waals surface area contributed by atoms with Crippen molar-refractivity contribution in [3.8, 4) is 11.5 Å². The van der Waals surface area contributed by atoms with Gasteiger partial charge >= 0.3 is 0 Å². The Balaban J connectivity index is 1.92. The average molecular weight is 545 g/mol. The zero-order valence-corrected chi connectivity index (χ0v) is 28.8. The molecule has 0 fully saturated rings. The molecule has 3 heteroatoms. The Kier molecular flexibility index (Phi) is 11.9. The molecule has 38 heavy (non-hydrogen) atoms. The lowest BCUT2D eigenvalue weighted by Gasteiger charge is -2.41. The zero-order chi connectivity index (χ0) is 28.9. The number of hydrogen-bond acceptors (Lipinski definition) is 2. The molecule has 0 aromatic heterocycles. The Hall–Kier alpha value is -0.963. The molecule has 220 valence electrons. The smallest absolute Gasteiger partial charge is 0.250 e. The third-order valence-corrected chi connectivity index (χ3v) is 14.3. The van der Waals surface area contributed by atoms with E-state index in [4.69, 9.17) is 9.16 Å². The molecule has 2 nitrogen and oxygen atoms in total. The van der Waals surface area contributed by atoms with Crippen LogP contribution in [0.2, 0.25) is 18.1 Å². The second-order valence-electron chi connectivity index (χ2n) is 15.3. The summed E-state index contributed by atoms with van der Waals surface area (Å²) in [7, 11) is -1.90. The summed E-state index contributed by atoms with van der Waals surface area (Å²) in [6.45, 7) is 30.3. The van der Waals surface area contributed by atoms with Crippen molar-refractivity contribution in [1.82, 2.24) is 0 Å². The normalized spacial score (nSPS) is 19.7. The zero-order valence-electron chi connectivity index (χ0n) is 27.8. The summed E-state index contributed by atoms with van der Waals surface area (Å²) in [6, 6.07) is 0. The predicted octanol–water partition coefficient (Wildman–Crippen LogP) is 11.5. The van der Waals surface area contributed by atoms with E-state index in [1.54, 1.807) is 0 Å². The molecule has 0 bridgehead atoms. The first kappa shape index (κ1) is 33.2. The van der Waals surface area contributed by atoms with Crippen LogP contribution in [0.25, 0.3) is 0 Å². The molecule has 0 saturated heterocycles. The van der Waals surface area contributed by atoms with Crippen LogP contribution in [0.3, 0.4) is 0 Å². The summed E-state index contributed by atoms with van der Waals surface area (Å²) in [5.41, 5.74) is 5.18. The van der Waals surface area contributed by atoms with Gasteiger partial charge in [-0.25, -0.2) is 0 Å². The van der Waals surface area contributed by atoms with E-state index >= 15 is 0 Å². The van der Waals surface area contributed by atoms with Crippen LogP contribution >= 0.6 is 0 Å². The lowest BCUT2D eigenvalue weighted by Crippen LogP contribution is -2.44. The van der Waals surface area contributed by atoms with E-state index in [1.807, 2.05) is 0 Å². The van der Waals surface area contributed by atoms with Crippen LogP contribution in [-0.2, 0) is 6.42 Å². The molecular weight excluding hydrogens is 480 g/mol. The van der Waals surface area contributed by atoms with Crippen molar-refractivity contribution in [3.05, 3.63) is 22.3 Å². The van der Waals surface area contributed by atoms with Crippen LogP contribution in [0, 0.1) is 38.5 Å². The first-order valence-corrected chi connectivity index (χ1v) is 18.9. The van der Waals surface area contributed by atoms with Gasteiger partial charge in [0.1, 0.15) is 17.1 Å². The van der Waals surface area contributed by atoms with Crippen molar-refractivity contribution in [2.24, 2.45) is 17.8 Å². The highest BCUT2D eigenvalue weighted by atomic mass is 28.4. The monoisotopic (exact) mass is 544 g/mol. The molecule has 3 unspecified atom stereocenters. The Morgan fingerprint density at radius 1 is 0.816 bits per heavy atom. The van der Waals surface area contributed by atoms with E-state index < -0.39 is 8.32 Å². The van der Waals surface area contributed by atoms with Crippen molar-refractivity contribution < 1.29 is 9.16 Å². The van der Waals surface area contributed by atoms with Crippen LogP contribution in [0.15, 0.2) is 0 Å². The molecule has 1 aliphatic heterocycles. The molecule has 0 amide bonds. The molecule has 1 aromatic carbocycles. The van der Waals surface area contributed by atoms with Crippen molar-refractivity contribution in [1.29, 1.82) is 0 Å². The second kappa shape index (κ2) is 13.6. The third-order valence-electron chi connectivity index (χ3n) is 10.0. The van der Waals surface area contributed by atoms with E-state index in [2.05, 4.69) is 89.3 Å². The van der Waals surface area contributed by atoms with E-state index in [0.29, 0.717) is 0 Å². The number of ether oxygens (including phenoxy) is 1. The van der Waals surface area contributed by atoms with E-state index in [0.717, 1.165) is 48.5 Å². The molecule has 0 radical (unpaired) electrons. The van der Waals surface area contributed by atoms with Gasteiger partial charge in [-0.15, -0.1) is 0 Å². The predicted molar refractivity (Wildman–Crippen MR) is 171 cm³/mol.